The summed E-state index contributed by atoms with van der Waals surface area (Å²) < 4.78 is 5.22. The number of fused-ring (bicyclic) bond motifs is 1. The van der Waals surface area contributed by atoms with Crippen molar-refractivity contribution in [2.24, 2.45) is 5.41 Å². The van der Waals surface area contributed by atoms with Gasteiger partial charge in [0.25, 0.3) is 0 Å². The highest BCUT2D eigenvalue weighted by atomic mass is 79.9. The molecule has 2 atom stereocenters. The summed E-state index contributed by atoms with van der Waals surface area (Å²) in [4.78, 5) is 0.0981. The van der Waals surface area contributed by atoms with Crippen LogP contribution in [0.3, 0.4) is 0 Å². The predicted octanol–water partition coefficient (Wildman–Crippen LogP) is 3.07. The van der Waals surface area contributed by atoms with E-state index in [9.17, 15) is 5.11 Å². The summed E-state index contributed by atoms with van der Waals surface area (Å²) in [6.07, 6.45) is 0.511. The van der Waals surface area contributed by atoms with Crippen LogP contribution in [0, 0.1) is 5.41 Å². The van der Waals surface area contributed by atoms with Gasteiger partial charge in [-0.3, -0.25) is 0 Å². The van der Waals surface area contributed by atoms with E-state index in [4.69, 9.17) is 4.74 Å². The average molecular weight is 285 g/mol. The molecule has 88 valence electrons. The number of hydrogen-bond acceptors (Lipinski definition) is 2. The lowest BCUT2D eigenvalue weighted by Crippen LogP contribution is -2.36. The van der Waals surface area contributed by atoms with E-state index in [0.29, 0.717) is 0 Å². The predicted molar refractivity (Wildman–Crippen MR) is 68.2 cm³/mol. The second-order valence-corrected chi connectivity index (χ2v) is 6.06. The topological polar surface area (TPSA) is 29.5 Å². The number of ether oxygens (including phenoxy) is 1. The van der Waals surface area contributed by atoms with E-state index in [0.717, 1.165) is 17.7 Å². The Bertz CT molecular complexity index is 401. The van der Waals surface area contributed by atoms with Crippen LogP contribution in [0.1, 0.15) is 31.1 Å². The van der Waals surface area contributed by atoms with Gasteiger partial charge >= 0.3 is 0 Å². The van der Waals surface area contributed by atoms with Crippen molar-refractivity contribution in [3.63, 3.8) is 0 Å². The molecule has 0 aliphatic heterocycles. The van der Waals surface area contributed by atoms with E-state index >= 15 is 0 Å². The maximum Gasteiger partial charge on any atom is 0.119 e. The molecule has 3 heteroatoms. The van der Waals surface area contributed by atoms with Crippen LogP contribution in [0.5, 0.6) is 5.75 Å². The Morgan fingerprint density at radius 3 is 2.75 bits per heavy atom. The van der Waals surface area contributed by atoms with Crippen molar-refractivity contribution >= 4 is 15.9 Å². The lowest BCUT2D eigenvalue weighted by atomic mass is 9.73. The van der Waals surface area contributed by atoms with Crippen molar-refractivity contribution in [2.45, 2.75) is 31.2 Å². The van der Waals surface area contributed by atoms with Gasteiger partial charge < -0.3 is 9.84 Å². The molecule has 0 aromatic heterocycles. The van der Waals surface area contributed by atoms with Crippen molar-refractivity contribution in [1.82, 2.24) is 0 Å². The van der Waals surface area contributed by atoms with Crippen molar-refractivity contribution in [3.8, 4) is 5.75 Å². The number of methoxy groups -OCH3 is 1. The number of alkyl halides is 1. The van der Waals surface area contributed by atoms with E-state index in [1.54, 1.807) is 7.11 Å². The van der Waals surface area contributed by atoms with Crippen LogP contribution in [0.4, 0.5) is 0 Å². The highest BCUT2D eigenvalue weighted by Crippen LogP contribution is 2.45. The number of halogens is 1. The molecule has 0 fully saturated rings. The van der Waals surface area contributed by atoms with E-state index in [2.05, 4.69) is 29.8 Å². The number of aliphatic hydroxyl groups excluding tert-OH is 1. The Morgan fingerprint density at radius 2 is 2.12 bits per heavy atom. The van der Waals surface area contributed by atoms with Crippen LogP contribution in [0.25, 0.3) is 0 Å². The molecule has 2 rings (SSSR count). The average Bonchev–Trinajstić information content (AvgIpc) is 2.25. The molecule has 2 nitrogen and oxygen atoms in total. The van der Waals surface area contributed by atoms with Crippen molar-refractivity contribution < 1.29 is 9.84 Å². The molecule has 0 spiro atoms. The SMILES string of the molecule is COc1ccc2c(c1)CC(C)(C)[C@H](Br)[C@H]2O. The van der Waals surface area contributed by atoms with Gasteiger partial charge in [-0.25, -0.2) is 0 Å². The molecule has 1 aliphatic rings. The monoisotopic (exact) mass is 284 g/mol. The standard InChI is InChI=1S/C13H17BrO2/c1-13(2)7-8-6-9(16-3)4-5-10(8)11(15)12(13)14/h4-6,11-12,15H,7H2,1-3H3/t11-,12+/m0/s1. The lowest BCUT2D eigenvalue weighted by molar-refractivity contribution is 0.112. The van der Waals surface area contributed by atoms with Gasteiger partial charge in [0, 0.05) is 0 Å². The molecule has 1 aromatic rings. The first-order chi connectivity index (χ1) is 7.45. The van der Waals surface area contributed by atoms with Crippen molar-refractivity contribution in [1.29, 1.82) is 0 Å². The molecule has 0 saturated carbocycles. The van der Waals surface area contributed by atoms with E-state index in [1.807, 2.05) is 18.2 Å². The van der Waals surface area contributed by atoms with Gasteiger partial charge in [-0.15, -0.1) is 0 Å². The molecule has 0 unspecified atom stereocenters. The number of rotatable bonds is 1. The summed E-state index contributed by atoms with van der Waals surface area (Å²) >= 11 is 3.60. The van der Waals surface area contributed by atoms with Gasteiger partial charge in [0.2, 0.25) is 0 Å². The molecular weight excluding hydrogens is 268 g/mol. The maximum atomic E-state index is 10.2. The Morgan fingerprint density at radius 1 is 1.44 bits per heavy atom. The lowest BCUT2D eigenvalue weighted by Gasteiger charge is -2.39. The molecule has 1 N–H and O–H groups in total. The molecular formula is C13H17BrO2. The fourth-order valence-corrected chi connectivity index (χ4v) is 2.77. The minimum absolute atomic E-state index is 0.0543. The Hall–Kier alpha value is -0.540. The summed E-state index contributed by atoms with van der Waals surface area (Å²) in [5.74, 6) is 0.856. The summed E-state index contributed by atoms with van der Waals surface area (Å²) in [7, 11) is 1.67. The minimum atomic E-state index is -0.440. The van der Waals surface area contributed by atoms with Crippen LogP contribution in [0.2, 0.25) is 0 Å². The summed E-state index contributed by atoms with van der Waals surface area (Å²) in [5, 5.41) is 10.2. The van der Waals surface area contributed by atoms with Crippen LogP contribution in [0.15, 0.2) is 18.2 Å². The summed E-state index contributed by atoms with van der Waals surface area (Å²) in [6, 6.07) is 5.89. The smallest absolute Gasteiger partial charge is 0.119 e. The molecule has 0 bridgehead atoms. The fourth-order valence-electron chi connectivity index (χ4n) is 2.32. The van der Waals surface area contributed by atoms with Gasteiger partial charge in [0.05, 0.1) is 18.0 Å². The zero-order chi connectivity index (χ0) is 11.9. The number of hydrogen-bond donors (Lipinski definition) is 1. The zero-order valence-electron chi connectivity index (χ0n) is 9.83. The van der Waals surface area contributed by atoms with Crippen LogP contribution in [-0.4, -0.2) is 17.0 Å². The van der Waals surface area contributed by atoms with Crippen molar-refractivity contribution in [2.75, 3.05) is 7.11 Å². The van der Waals surface area contributed by atoms with Crippen LogP contribution >= 0.6 is 15.9 Å². The normalized spacial score (nSPS) is 27.3. The first kappa shape index (κ1) is 11.9. The van der Waals surface area contributed by atoms with Crippen LogP contribution < -0.4 is 4.74 Å². The second-order valence-electron chi connectivity index (χ2n) is 5.08. The molecule has 16 heavy (non-hydrogen) atoms. The highest BCUT2D eigenvalue weighted by Gasteiger charge is 2.39. The Labute approximate surface area is 105 Å². The van der Waals surface area contributed by atoms with Gasteiger partial charge in [-0.05, 0) is 35.1 Å². The van der Waals surface area contributed by atoms with E-state index in [-0.39, 0.29) is 10.2 Å². The molecule has 0 heterocycles. The van der Waals surface area contributed by atoms with Gasteiger partial charge in [0.15, 0.2) is 0 Å². The maximum absolute atomic E-state index is 10.2. The fraction of sp³-hybridized carbons (Fsp3) is 0.538. The summed E-state index contributed by atoms with van der Waals surface area (Å²) in [5.41, 5.74) is 2.26. The second kappa shape index (κ2) is 4.04. The van der Waals surface area contributed by atoms with Gasteiger partial charge in [-0.1, -0.05) is 35.8 Å². The van der Waals surface area contributed by atoms with Crippen LogP contribution in [-0.2, 0) is 6.42 Å². The molecule has 0 saturated heterocycles. The highest BCUT2D eigenvalue weighted by molar-refractivity contribution is 9.09. The Balaban J connectivity index is 2.46. The third kappa shape index (κ3) is 1.87. The Kier molecular flexibility index (Phi) is 3.01. The molecule has 0 amide bonds. The quantitative estimate of drug-likeness (QED) is 0.803. The largest absolute Gasteiger partial charge is 0.497 e. The zero-order valence-corrected chi connectivity index (χ0v) is 11.4. The molecule has 0 radical (unpaired) electrons. The first-order valence-corrected chi connectivity index (χ1v) is 6.36. The molecule has 1 aromatic carbocycles. The third-order valence-corrected chi connectivity index (χ3v) is 5.08. The van der Waals surface area contributed by atoms with E-state index < -0.39 is 6.10 Å². The third-order valence-electron chi connectivity index (χ3n) is 3.34. The van der Waals surface area contributed by atoms with Crippen molar-refractivity contribution in [3.05, 3.63) is 29.3 Å². The number of benzene rings is 1. The molecule has 1 aliphatic carbocycles. The summed E-state index contributed by atoms with van der Waals surface area (Å²) in [6.45, 7) is 4.33. The number of aliphatic hydroxyl groups is 1. The van der Waals surface area contributed by atoms with Gasteiger partial charge in [0.1, 0.15) is 5.75 Å². The van der Waals surface area contributed by atoms with Gasteiger partial charge in [-0.2, -0.15) is 0 Å². The first-order valence-electron chi connectivity index (χ1n) is 5.44. The van der Waals surface area contributed by atoms with E-state index in [1.165, 1.54) is 5.56 Å². The minimum Gasteiger partial charge on any atom is -0.497 e.